The van der Waals surface area contributed by atoms with Crippen LogP contribution in [-0.4, -0.2) is 19.1 Å². The minimum absolute atomic E-state index is 0.0188. The van der Waals surface area contributed by atoms with Crippen molar-refractivity contribution >= 4 is 11.6 Å². The van der Waals surface area contributed by atoms with Crippen LogP contribution < -0.4 is 15.4 Å². The molecule has 2 rings (SSSR count). The van der Waals surface area contributed by atoms with Gasteiger partial charge in [-0.05, 0) is 30.9 Å². The number of ether oxygens (including phenoxy) is 1. The zero-order chi connectivity index (χ0) is 15.5. The van der Waals surface area contributed by atoms with E-state index in [0.717, 1.165) is 36.4 Å². The lowest BCUT2D eigenvalue weighted by Gasteiger charge is -2.18. The monoisotopic (exact) mass is 290 g/mol. The Balaban J connectivity index is 2.00. The molecule has 116 valence electrons. The number of hydrogen-bond donors (Lipinski definition) is 2. The molecule has 1 unspecified atom stereocenters. The number of carbonyl (C=O) groups excluding carboxylic acids is 1. The second kappa shape index (κ2) is 6.48. The smallest absolute Gasteiger partial charge is 0.246 e. The normalized spacial score (nSPS) is 17.5. The van der Waals surface area contributed by atoms with Crippen LogP contribution in [0.4, 0.5) is 5.69 Å². The van der Waals surface area contributed by atoms with Crippen molar-refractivity contribution in [3.8, 4) is 5.75 Å². The summed E-state index contributed by atoms with van der Waals surface area (Å²) in [5.74, 6) is 0.833. The predicted molar refractivity (Wildman–Crippen MR) is 85.7 cm³/mol. The van der Waals surface area contributed by atoms with Crippen LogP contribution in [0.2, 0.25) is 0 Å². The molecule has 1 heterocycles. The highest BCUT2D eigenvalue weighted by molar-refractivity contribution is 6.02. The van der Waals surface area contributed by atoms with Crippen LogP contribution in [0, 0.1) is 5.41 Å². The van der Waals surface area contributed by atoms with Crippen LogP contribution in [0.1, 0.15) is 52.1 Å². The van der Waals surface area contributed by atoms with Gasteiger partial charge in [-0.25, -0.2) is 0 Å². The van der Waals surface area contributed by atoms with E-state index in [2.05, 4.69) is 38.3 Å². The van der Waals surface area contributed by atoms with E-state index < -0.39 is 0 Å². The van der Waals surface area contributed by atoms with Crippen LogP contribution in [-0.2, 0) is 4.79 Å². The number of rotatable bonds is 6. The molecule has 0 aliphatic carbocycles. The van der Waals surface area contributed by atoms with Crippen molar-refractivity contribution in [2.45, 2.75) is 46.6 Å². The Kier molecular flexibility index (Phi) is 4.88. The molecular formula is C17H26N2O2. The van der Waals surface area contributed by atoms with Gasteiger partial charge in [0.1, 0.15) is 11.8 Å². The summed E-state index contributed by atoms with van der Waals surface area (Å²) in [5, 5.41) is 6.19. The summed E-state index contributed by atoms with van der Waals surface area (Å²) in [5.41, 5.74) is 2.14. The maximum absolute atomic E-state index is 12.0. The quantitative estimate of drug-likeness (QED) is 0.843. The van der Waals surface area contributed by atoms with Crippen LogP contribution in [0.5, 0.6) is 5.75 Å². The molecule has 0 spiro atoms. The SMILES string of the molecule is CCCNC1C(=O)Nc2cc(OCCC(C)(C)C)ccc21. The zero-order valence-electron chi connectivity index (χ0n) is 13.5. The molecule has 1 aromatic carbocycles. The van der Waals surface area contributed by atoms with E-state index in [4.69, 9.17) is 4.74 Å². The van der Waals surface area contributed by atoms with Gasteiger partial charge in [-0.15, -0.1) is 0 Å². The van der Waals surface area contributed by atoms with Crippen LogP contribution in [0.25, 0.3) is 0 Å². The molecule has 1 aliphatic heterocycles. The average molecular weight is 290 g/mol. The molecule has 1 aliphatic rings. The van der Waals surface area contributed by atoms with Gasteiger partial charge in [0.25, 0.3) is 0 Å². The predicted octanol–water partition coefficient (Wildman–Crippen LogP) is 3.49. The minimum Gasteiger partial charge on any atom is -0.493 e. The van der Waals surface area contributed by atoms with Crippen molar-refractivity contribution in [1.82, 2.24) is 5.32 Å². The highest BCUT2D eigenvalue weighted by Crippen LogP contribution is 2.34. The lowest BCUT2D eigenvalue weighted by atomic mass is 9.93. The van der Waals surface area contributed by atoms with Crippen LogP contribution >= 0.6 is 0 Å². The number of fused-ring (bicyclic) bond motifs is 1. The van der Waals surface area contributed by atoms with Gasteiger partial charge in [-0.3, -0.25) is 4.79 Å². The first-order chi connectivity index (χ1) is 9.90. The first kappa shape index (κ1) is 15.8. The number of benzene rings is 1. The molecule has 1 atom stereocenters. The molecule has 4 nitrogen and oxygen atoms in total. The Labute approximate surface area is 127 Å². The second-order valence-corrected chi connectivity index (χ2v) is 6.78. The number of anilines is 1. The van der Waals surface area contributed by atoms with Crippen molar-refractivity contribution in [3.63, 3.8) is 0 Å². The van der Waals surface area contributed by atoms with E-state index in [1.807, 2.05) is 18.2 Å². The standard InChI is InChI=1S/C17H26N2O2/c1-5-9-18-15-13-7-6-12(11-14(13)19-16(15)20)21-10-8-17(2,3)4/h6-7,11,15,18H,5,8-10H2,1-4H3,(H,19,20). The summed E-state index contributed by atoms with van der Waals surface area (Å²) in [6, 6.07) is 5.61. The zero-order valence-corrected chi connectivity index (χ0v) is 13.5. The molecule has 21 heavy (non-hydrogen) atoms. The molecule has 4 heteroatoms. The average Bonchev–Trinajstić information content (AvgIpc) is 2.70. The molecule has 2 N–H and O–H groups in total. The van der Waals surface area contributed by atoms with E-state index in [0.29, 0.717) is 6.61 Å². The van der Waals surface area contributed by atoms with Gasteiger partial charge in [0.05, 0.1) is 6.61 Å². The van der Waals surface area contributed by atoms with E-state index in [1.54, 1.807) is 0 Å². The molecule has 0 bridgehead atoms. The van der Waals surface area contributed by atoms with Crippen molar-refractivity contribution < 1.29 is 9.53 Å². The highest BCUT2D eigenvalue weighted by atomic mass is 16.5. The summed E-state index contributed by atoms with van der Waals surface area (Å²) < 4.78 is 5.79. The summed E-state index contributed by atoms with van der Waals surface area (Å²) in [6.07, 6.45) is 2.00. The molecule has 1 aromatic rings. The van der Waals surface area contributed by atoms with Gasteiger partial charge in [0.15, 0.2) is 0 Å². The van der Waals surface area contributed by atoms with Crippen molar-refractivity contribution in [2.75, 3.05) is 18.5 Å². The summed E-state index contributed by atoms with van der Waals surface area (Å²) in [7, 11) is 0. The molecule has 0 aromatic heterocycles. The maximum Gasteiger partial charge on any atom is 0.246 e. The molecule has 1 amide bonds. The Morgan fingerprint density at radius 1 is 1.33 bits per heavy atom. The lowest BCUT2D eigenvalue weighted by Crippen LogP contribution is -2.27. The molecule has 0 radical (unpaired) electrons. The van der Waals surface area contributed by atoms with Crippen molar-refractivity contribution in [2.24, 2.45) is 5.41 Å². The Hall–Kier alpha value is -1.55. The third kappa shape index (κ3) is 4.21. The number of hydrogen-bond acceptors (Lipinski definition) is 3. The second-order valence-electron chi connectivity index (χ2n) is 6.78. The number of nitrogens with one attached hydrogen (secondary N) is 2. The fourth-order valence-electron chi connectivity index (χ4n) is 2.30. The van der Waals surface area contributed by atoms with Crippen LogP contribution in [0.15, 0.2) is 18.2 Å². The van der Waals surface area contributed by atoms with Crippen molar-refractivity contribution in [3.05, 3.63) is 23.8 Å². The topological polar surface area (TPSA) is 50.4 Å². The fraction of sp³-hybridized carbons (Fsp3) is 0.588. The fourth-order valence-corrected chi connectivity index (χ4v) is 2.30. The minimum atomic E-state index is -0.233. The van der Waals surface area contributed by atoms with Gasteiger partial charge >= 0.3 is 0 Å². The van der Waals surface area contributed by atoms with Gasteiger partial charge < -0.3 is 15.4 Å². The number of carbonyl (C=O) groups is 1. The largest absolute Gasteiger partial charge is 0.493 e. The Morgan fingerprint density at radius 2 is 2.10 bits per heavy atom. The number of amides is 1. The summed E-state index contributed by atoms with van der Waals surface area (Å²) >= 11 is 0. The summed E-state index contributed by atoms with van der Waals surface area (Å²) in [4.78, 5) is 12.0. The Morgan fingerprint density at radius 3 is 2.76 bits per heavy atom. The van der Waals surface area contributed by atoms with E-state index >= 15 is 0 Å². The van der Waals surface area contributed by atoms with Gasteiger partial charge in [0, 0.05) is 17.3 Å². The Bertz CT molecular complexity index is 506. The molecule has 0 fully saturated rings. The first-order valence-corrected chi connectivity index (χ1v) is 7.72. The highest BCUT2D eigenvalue weighted by Gasteiger charge is 2.30. The first-order valence-electron chi connectivity index (χ1n) is 7.72. The third-order valence-electron chi connectivity index (χ3n) is 3.58. The molecule has 0 saturated carbocycles. The van der Waals surface area contributed by atoms with E-state index in [9.17, 15) is 4.79 Å². The molecular weight excluding hydrogens is 264 g/mol. The lowest BCUT2D eigenvalue weighted by molar-refractivity contribution is -0.117. The maximum atomic E-state index is 12.0. The van der Waals surface area contributed by atoms with Gasteiger partial charge in [-0.1, -0.05) is 33.8 Å². The van der Waals surface area contributed by atoms with E-state index in [-0.39, 0.29) is 17.4 Å². The van der Waals surface area contributed by atoms with E-state index in [1.165, 1.54) is 0 Å². The molecule has 0 saturated heterocycles. The van der Waals surface area contributed by atoms with Crippen LogP contribution in [0.3, 0.4) is 0 Å². The van der Waals surface area contributed by atoms with Gasteiger partial charge in [-0.2, -0.15) is 0 Å². The van der Waals surface area contributed by atoms with Gasteiger partial charge in [0.2, 0.25) is 5.91 Å². The third-order valence-corrected chi connectivity index (χ3v) is 3.58. The summed E-state index contributed by atoms with van der Waals surface area (Å²) in [6.45, 7) is 10.2. The van der Waals surface area contributed by atoms with Crippen molar-refractivity contribution in [1.29, 1.82) is 0 Å².